The molecule has 0 aliphatic carbocycles. The summed E-state index contributed by atoms with van der Waals surface area (Å²) in [4.78, 5) is 15.9. The zero-order valence-corrected chi connectivity index (χ0v) is 17.8. The van der Waals surface area contributed by atoms with Crippen LogP contribution in [0.25, 0.3) is 11.1 Å². The van der Waals surface area contributed by atoms with Gasteiger partial charge in [0.15, 0.2) is 5.75 Å². The molecular formula is C21H29F3N2O3. The molecule has 0 atom stereocenters. The van der Waals surface area contributed by atoms with E-state index in [4.69, 9.17) is 4.74 Å². The fraction of sp³-hybridized carbons (Fsp3) is 0.429. The monoisotopic (exact) mass is 414 g/mol. The van der Waals surface area contributed by atoms with Crippen molar-refractivity contribution in [2.45, 2.75) is 60.4 Å². The molecule has 0 spiro atoms. The number of ether oxygens (including phenoxy) is 2. The van der Waals surface area contributed by atoms with E-state index in [0.29, 0.717) is 11.1 Å². The van der Waals surface area contributed by atoms with E-state index in [1.807, 2.05) is 27.7 Å². The molecule has 162 valence electrons. The van der Waals surface area contributed by atoms with Crippen LogP contribution in [0.4, 0.5) is 23.7 Å². The predicted molar refractivity (Wildman–Crippen MR) is 109 cm³/mol. The smallest absolute Gasteiger partial charge is 0.444 e. The van der Waals surface area contributed by atoms with Gasteiger partial charge in [-0.15, -0.1) is 13.2 Å². The maximum Gasteiger partial charge on any atom is 0.573 e. The van der Waals surface area contributed by atoms with Crippen molar-refractivity contribution in [2.75, 3.05) is 5.32 Å². The Hall–Kier alpha value is -2.77. The molecule has 2 aromatic rings. The molecule has 0 saturated carbocycles. The Kier molecular flexibility index (Phi) is 10.8. The summed E-state index contributed by atoms with van der Waals surface area (Å²) in [5, 5.41) is 2.29. The van der Waals surface area contributed by atoms with E-state index in [0.717, 1.165) is 6.07 Å². The lowest BCUT2D eigenvalue weighted by Gasteiger charge is -2.21. The second-order valence-corrected chi connectivity index (χ2v) is 6.13. The van der Waals surface area contributed by atoms with Crippen LogP contribution in [0.15, 0.2) is 42.7 Å². The zero-order chi connectivity index (χ0) is 22.7. The number of carbonyl (C=O) groups excluding carboxylic acids is 1. The lowest BCUT2D eigenvalue weighted by Crippen LogP contribution is -2.27. The van der Waals surface area contributed by atoms with E-state index in [9.17, 15) is 18.0 Å². The van der Waals surface area contributed by atoms with Gasteiger partial charge in [-0.05, 0) is 44.5 Å². The molecule has 0 fully saturated rings. The topological polar surface area (TPSA) is 60.5 Å². The zero-order valence-electron chi connectivity index (χ0n) is 17.8. The molecule has 0 unspecified atom stereocenters. The fourth-order valence-electron chi connectivity index (χ4n) is 1.97. The van der Waals surface area contributed by atoms with Crippen LogP contribution in [0.2, 0.25) is 0 Å². The Balaban J connectivity index is 0.00000184. The number of halogens is 3. The molecule has 8 heteroatoms. The molecule has 0 aliphatic heterocycles. The summed E-state index contributed by atoms with van der Waals surface area (Å²) in [5.41, 5.74) is 0.283. The van der Waals surface area contributed by atoms with Crippen LogP contribution in [0, 0.1) is 0 Å². The molecular weight excluding hydrogens is 385 g/mol. The van der Waals surface area contributed by atoms with Crippen molar-refractivity contribution in [1.82, 2.24) is 4.98 Å². The predicted octanol–water partition coefficient (Wildman–Crippen LogP) is 7.05. The molecule has 5 nitrogen and oxygen atoms in total. The third-order valence-corrected chi connectivity index (χ3v) is 2.84. The van der Waals surface area contributed by atoms with Crippen molar-refractivity contribution in [3.63, 3.8) is 0 Å². The number of anilines is 1. The van der Waals surface area contributed by atoms with Crippen molar-refractivity contribution in [1.29, 1.82) is 0 Å². The van der Waals surface area contributed by atoms with Gasteiger partial charge < -0.3 is 9.47 Å². The summed E-state index contributed by atoms with van der Waals surface area (Å²) in [5.74, 6) is -0.536. The van der Waals surface area contributed by atoms with Gasteiger partial charge in [-0.3, -0.25) is 10.3 Å². The fourth-order valence-corrected chi connectivity index (χ4v) is 1.97. The van der Waals surface area contributed by atoms with E-state index in [-0.39, 0.29) is 5.69 Å². The van der Waals surface area contributed by atoms with Crippen LogP contribution in [0.1, 0.15) is 48.5 Å². The van der Waals surface area contributed by atoms with Gasteiger partial charge in [0, 0.05) is 18.0 Å². The second-order valence-electron chi connectivity index (χ2n) is 6.13. The van der Waals surface area contributed by atoms with Crippen molar-refractivity contribution in [2.24, 2.45) is 0 Å². The Morgan fingerprint density at radius 3 is 2.10 bits per heavy atom. The molecule has 2 rings (SSSR count). The average molecular weight is 414 g/mol. The second kappa shape index (κ2) is 11.9. The normalized spacial score (nSPS) is 10.6. The first-order valence-electron chi connectivity index (χ1n) is 9.34. The molecule has 1 heterocycles. The van der Waals surface area contributed by atoms with Crippen molar-refractivity contribution in [3.8, 4) is 16.9 Å². The summed E-state index contributed by atoms with van der Waals surface area (Å²) in [6, 6.07) is 7.36. The minimum Gasteiger partial charge on any atom is -0.444 e. The van der Waals surface area contributed by atoms with Gasteiger partial charge >= 0.3 is 12.5 Å². The third-order valence-electron chi connectivity index (χ3n) is 2.84. The van der Waals surface area contributed by atoms with Crippen LogP contribution >= 0.6 is 0 Å². The van der Waals surface area contributed by atoms with E-state index in [2.05, 4.69) is 15.0 Å². The minimum absolute atomic E-state index is 0.159. The van der Waals surface area contributed by atoms with Crippen LogP contribution in [-0.4, -0.2) is 23.0 Å². The van der Waals surface area contributed by atoms with Gasteiger partial charge in [0.25, 0.3) is 0 Å². The lowest BCUT2D eigenvalue weighted by molar-refractivity contribution is -0.274. The Bertz CT molecular complexity index is 743. The number of rotatable bonds is 3. The lowest BCUT2D eigenvalue weighted by atomic mass is 10.1. The maximum absolute atomic E-state index is 12.6. The summed E-state index contributed by atoms with van der Waals surface area (Å²) >= 11 is 0. The molecule has 0 bridgehead atoms. The number of hydrogen-bond acceptors (Lipinski definition) is 4. The van der Waals surface area contributed by atoms with E-state index in [1.54, 1.807) is 45.3 Å². The van der Waals surface area contributed by atoms with Gasteiger partial charge in [-0.1, -0.05) is 39.8 Å². The largest absolute Gasteiger partial charge is 0.573 e. The van der Waals surface area contributed by atoms with Gasteiger partial charge in [0.1, 0.15) is 5.60 Å². The minimum atomic E-state index is -4.89. The Morgan fingerprint density at radius 1 is 1.00 bits per heavy atom. The number of hydrogen-bond donors (Lipinski definition) is 1. The molecule has 0 radical (unpaired) electrons. The molecule has 1 aromatic carbocycles. The van der Waals surface area contributed by atoms with Crippen molar-refractivity contribution < 1.29 is 27.4 Å². The summed E-state index contributed by atoms with van der Waals surface area (Å²) in [6.07, 6.45) is -2.65. The van der Waals surface area contributed by atoms with Crippen LogP contribution in [-0.2, 0) is 4.74 Å². The first-order chi connectivity index (χ1) is 13.5. The standard InChI is InChI=1S/C17H17F3N2O3.2C2H6/c1-16(2,3)25-15(23)22-13-9-11(12-5-4-8-21-10-12)6-7-14(13)24-17(18,19)20;2*1-2/h4-10H,1-3H3,(H,22,23);2*1-2H3. The van der Waals surface area contributed by atoms with Crippen molar-refractivity contribution in [3.05, 3.63) is 42.7 Å². The highest BCUT2D eigenvalue weighted by atomic mass is 19.4. The van der Waals surface area contributed by atoms with Gasteiger partial charge in [-0.25, -0.2) is 4.79 Å². The van der Waals surface area contributed by atoms with Gasteiger partial charge in [0.05, 0.1) is 5.69 Å². The summed E-state index contributed by atoms with van der Waals surface area (Å²) in [6.45, 7) is 12.9. The quantitative estimate of drug-likeness (QED) is 0.585. The van der Waals surface area contributed by atoms with E-state index >= 15 is 0 Å². The Labute approximate surface area is 170 Å². The highest BCUT2D eigenvalue weighted by Gasteiger charge is 2.32. The van der Waals surface area contributed by atoms with Gasteiger partial charge in [-0.2, -0.15) is 0 Å². The Morgan fingerprint density at radius 2 is 1.62 bits per heavy atom. The average Bonchev–Trinajstić information content (AvgIpc) is 2.64. The molecule has 0 aliphatic rings. The molecule has 1 aromatic heterocycles. The summed E-state index contributed by atoms with van der Waals surface area (Å²) in [7, 11) is 0. The number of nitrogens with one attached hydrogen (secondary N) is 1. The van der Waals surface area contributed by atoms with E-state index in [1.165, 1.54) is 12.1 Å². The first kappa shape index (κ1) is 26.2. The van der Waals surface area contributed by atoms with Gasteiger partial charge in [0.2, 0.25) is 0 Å². The number of aromatic nitrogens is 1. The maximum atomic E-state index is 12.6. The number of nitrogens with zero attached hydrogens (tertiary/aromatic N) is 1. The third kappa shape index (κ3) is 10.4. The SMILES string of the molecule is CC.CC.CC(C)(C)OC(=O)Nc1cc(-c2cccnc2)ccc1OC(F)(F)F. The van der Waals surface area contributed by atoms with Crippen LogP contribution in [0.3, 0.4) is 0 Å². The number of alkyl halides is 3. The van der Waals surface area contributed by atoms with Crippen molar-refractivity contribution >= 4 is 11.8 Å². The number of amides is 1. The molecule has 0 saturated heterocycles. The molecule has 29 heavy (non-hydrogen) atoms. The highest BCUT2D eigenvalue weighted by Crippen LogP contribution is 2.34. The summed E-state index contributed by atoms with van der Waals surface area (Å²) < 4.78 is 46.8. The number of pyridine rings is 1. The highest BCUT2D eigenvalue weighted by molar-refractivity contribution is 5.88. The molecule has 1 amide bonds. The number of benzene rings is 1. The van der Waals surface area contributed by atoms with Crippen LogP contribution in [0.5, 0.6) is 5.75 Å². The number of carbonyl (C=O) groups is 1. The molecule has 1 N–H and O–H groups in total. The van der Waals surface area contributed by atoms with E-state index < -0.39 is 23.8 Å². The first-order valence-corrected chi connectivity index (χ1v) is 9.34. The van der Waals surface area contributed by atoms with Crippen LogP contribution < -0.4 is 10.1 Å².